The number of nitrogens with two attached hydrogens (primary N) is 1. The van der Waals surface area contributed by atoms with Crippen molar-refractivity contribution in [3.8, 4) is 0 Å². The summed E-state index contributed by atoms with van der Waals surface area (Å²) in [7, 11) is 0. The number of amides is 1. The molecule has 0 aliphatic carbocycles. The highest BCUT2D eigenvalue weighted by molar-refractivity contribution is 6.31. The maximum Gasteiger partial charge on any atom is 0.237 e. The number of dihydropyridines is 1. The Bertz CT molecular complexity index is 683. The number of primary amides is 1. The molecule has 6 heteroatoms. The van der Waals surface area contributed by atoms with E-state index in [0.29, 0.717) is 19.8 Å². The van der Waals surface area contributed by atoms with E-state index in [1.807, 2.05) is 31.2 Å². The maximum atomic E-state index is 11.2. The SMILES string of the molecule is CC1=CC(c2ccccc2Cl)C=C(COCCNC(C)(C)C(N)=O)N1. The third-order valence-electron chi connectivity index (χ3n) is 4.12. The molecule has 1 aliphatic heterocycles. The minimum Gasteiger partial charge on any atom is -0.374 e. The van der Waals surface area contributed by atoms with Gasteiger partial charge in [-0.1, -0.05) is 42.0 Å². The van der Waals surface area contributed by atoms with Crippen molar-refractivity contribution in [1.82, 2.24) is 10.6 Å². The lowest BCUT2D eigenvalue weighted by atomic mass is 9.94. The Morgan fingerprint density at radius 1 is 1.36 bits per heavy atom. The highest BCUT2D eigenvalue weighted by atomic mass is 35.5. The summed E-state index contributed by atoms with van der Waals surface area (Å²) in [4.78, 5) is 11.2. The lowest BCUT2D eigenvalue weighted by molar-refractivity contribution is -0.123. The van der Waals surface area contributed by atoms with Crippen molar-refractivity contribution in [2.24, 2.45) is 5.73 Å². The number of ether oxygens (including phenoxy) is 1. The van der Waals surface area contributed by atoms with E-state index in [0.717, 1.165) is 22.0 Å². The van der Waals surface area contributed by atoms with Crippen LogP contribution < -0.4 is 16.4 Å². The molecule has 1 aliphatic rings. The zero-order chi connectivity index (χ0) is 18.4. The molecule has 0 aromatic heterocycles. The number of benzene rings is 1. The van der Waals surface area contributed by atoms with Gasteiger partial charge in [-0.15, -0.1) is 0 Å². The van der Waals surface area contributed by atoms with Crippen molar-refractivity contribution in [2.45, 2.75) is 32.2 Å². The summed E-state index contributed by atoms with van der Waals surface area (Å²) in [5, 5.41) is 7.16. The molecular weight excluding hydrogens is 338 g/mol. The summed E-state index contributed by atoms with van der Waals surface area (Å²) in [5.74, 6) is -0.257. The van der Waals surface area contributed by atoms with Crippen molar-refractivity contribution in [3.63, 3.8) is 0 Å². The lowest BCUT2D eigenvalue weighted by Gasteiger charge is -2.23. The van der Waals surface area contributed by atoms with Gasteiger partial charge in [0, 0.05) is 28.9 Å². The first-order valence-corrected chi connectivity index (χ1v) is 8.70. The van der Waals surface area contributed by atoms with Crippen molar-refractivity contribution in [2.75, 3.05) is 19.8 Å². The number of carbonyl (C=O) groups is 1. The number of hydrogen-bond acceptors (Lipinski definition) is 4. The molecule has 0 saturated carbocycles. The fourth-order valence-electron chi connectivity index (χ4n) is 2.58. The highest BCUT2D eigenvalue weighted by Gasteiger charge is 2.23. The van der Waals surface area contributed by atoms with E-state index in [9.17, 15) is 4.79 Å². The minimum absolute atomic E-state index is 0.125. The highest BCUT2D eigenvalue weighted by Crippen LogP contribution is 2.30. The Morgan fingerprint density at radius 3 is 2.76 bits per heavy atom. The van der Waals surface area contributed by atoms with Crippen LogP contribution in [-0.4, -0.2) is 31.2 Å². The van der Waals surface area contributed by atoms with Crippen LogP contribution in [0.1, 0.15) is 32.3 Å². The van der Waals surface area contributed by atoms with Crippen molar-refractivity contribution in [1.29, 1.82) is 0 Å². The zero-order valence-corrected chi connectivity index (χ0v) is 15.7. The first kappa shape index (κ1) is 19.5. The Morgan fingerprint density at radius 2 is 2.08 bits per heavy atom. The molecule has 0 fully saturated rings. The third-order valence-corrected chi connectivity index (χ3v) is 4.46. The first-order valence-electron chi connectivity index (χ1n) is 8.33. The zero-order valence-electron chi connectivity index (χ0n) is 14.9. The van der Waals surface area contributed by atoms with Gasteiger partial charge in [-0.3, -0.25) is 4.79 Å². The van der Waals surface area contributed by atoms with Crippen LogP contribution in [-0.2, 0) is 9.53 Å². The minimum atomic E-state index is -0.736. The Balaban J connectivity index is 1.88. The molecule has 136 valence electrons. The number of halogens is 1. The number of rotatable bonds is 8. The van der Waals surface area contributed by atoms with Crippen LogP contribution >= 0.6 is 11.6 Å². The van der Waals surface area contributed by atoms with E-state index >= 15 is 0 Å². The molecule has 2 rings (SSSR count). The van der Waals surface area contributed by atoms with E-state index in [-0.39, 0.29) is 11.8 Å². The van der Waals surface area contributed by atoms with Gasteiger partial charge >= 0.3 is 0 Å². The fourth-order valence-corrected chi connectivity index (χ4v) is 2.85. The van der Waals surface area contributed by atoms with Gasteiger partial charge in [0.1, 0.15) is 0 Å². The second kappa shape index (κ2) is 8.52. The summed E-state index contributed by atoms with van der Waals surface area (Å²) < 4.78 is 5.71. The maximum absolute atomic E-state index is 11.2. The summed E-state index contributed by atoms with van der Waals surface area (Å²) >= 11 is 6.31. The van der Waals surface area contributed by atoms with E-state index in [1.165, 1.54) is 0 Å². The van der Waals surface area contributed by atoms with Crippen LogP contribution in [0.3, 0.4) is 0 Å². The molecule has 1 aromatic carbocycles. The molecular formula is C19H26ClN3O2. The molecule has 0 saturated heterocycles. The average Bonchev–Trinajstić information content (AvgIpc) is 2.54. The molecule has 1 atom stereocenters. The lowest BCUT2D eigenvalue weighted by Crippen LogP contribution is -2.51. The monoisotopic (exact) mass is 363 g/mol. The molecule has 1 heterocycles. The topological polar surface area (TPSA) is 76.4 Å². The summed E-state index contributed by atoms with van der Waals surface area (Å²) in [5.41, 5.74) is 7.73. The smallest absolute Gasteiger partial charge is 0.237 e. The number of hydrogen-bond donors (Lipinski definition) is 3. The van der Waals surface area contributed by atoms with Gasteiger partial charge in [0.05, 0.1) is 18.8 Å². The Hall–Kier alpha value is -1.82. The van der Waals surface area contributed by atoms with Crippen LogP contribution in [0.4, 0.5) is 0 Å². The van der Waals surface area contributed by atoms with Crippen LogP contribution in [0.5, 0.6) is 0 Å². The van der Waals surface area contributed by atoms with E-state index < -0.39 is 5.54 Å². The molecule has 1 aromatic rings. The van der Waals surface area contributed by atoms with Crippen LogP contribution in [0.25, 0.3) is 0 Å². The van der Waals surface area contributed by atoms with Gasteiger partial charge in [0.15, 0.2) is 0 Å². The Kier molecular flexibility index (Phi) is 6.64. The van der Waals surface area contributed by atoms with E-state index in [4.69, 9.17) is 22.1 Å². The second-order valence-electron chi connectivity index (χ2n) is 6.68. The molecule has 1 unspecified atom stereocenters. The largest absolute Gasteiger partial charge is 0.374 e. The van der Waals surface area contributed by atoms with Crippen LogP contribution in [0, 0.1) is 0 Å². The van der Waals surface area contributed by atoms with Gasteiger partial charge in [-0.2, -0.15) is 0 Å². The predicted molar refractivity (Wildman–Crippen MR) is 101 cm³/mol. The summed E-state index contributed by atoms with van der Waals surface area (Å²) in [6, 6.07) is 7.85. The average molecular weight is 364 g/mol. The molecule has 0 bridgehead atoms. The van der Waals surface area contributed by atoms with E-state index in [2.05, 4.69) is 22.8 Å². The quantitative estimate of drug-likeness (QED) is 0.621. The Labute approximate surface area is 154 Å². The molecule has 5 nitrogen and oxygen atoms in total. The molecule has 0 radical (unpaired) electrons. The number of allylic oxidation sites excluding steroid dienone is 3. The van der Waals surface area contributed by atoms with Crippen molar-refractivity contribution >= 4 is 17.5 Å². The summed E-state index contributed by atoms with van der Waals surface area (Å²) in [6.45, 7) is 7.02. The van der Waals surface area contributed by atoms with Gasteiger partial charge in [-0.25, -0.2) is 0 Å². The standard InChI is InChI=1S/C19H26ClN3O2/c1-13-10-14(16-6-4-5-7-17(16)20)11-15(23-13)12-25-9-8-22-19(2,3)18(21)24/h4-7,10-11,14,22-23H,8-9,12H2,1-3H3,(H2,21,24). The fraction of sp³-hybridized carbons (Fsp3) is 0.421. The normalized spacial score (nSPS) is 17.5. The third kappa shape index (κ3) is 5.59. The number of carbonyl (C=O) groups excluding carboxylic acids is 1. The van der Waals surface area contributed by atoms with Crippen molar-refractivity contribution in [3.05, 3.63) is 58.4 Å². The van der Waals surface area contributed by atoms with Crippen LogP contribution in [0.15, 0.2) is 47.8 Å². The van der Waals surface area contributed by atoms with Crippen LogP contribution in [0.2, 0.25) is 5.02 Å². The molecule has 0 spiro atoms. The van der Waals surface area contributed by atoms with E-state index in [1.54, 1.807) is 13.8 Å². The predicted octanol–water partition coefficient (Wildman–Crippen LogP) is 2.68. The molecule has 1 amide bonds. The second-order valence-corrected chi connectivity index (χ2v) is 7.09. The van der Waals surface area contributed by atoms with Crippen molar-refractivity contribution < 1.29 is 9.53 Å². The first-order chi connectivity index (χ1) is 11.8. The van der Waals surface area contributed by atoms with Gasteiger partial charge in [0.2, 0.25) is 5.91 Å². The molecule has 4 N–H and O–H groups in total. The van der Waals surface area contributed by atoms with Gasteiger partial charge in [-0.05, 0) is 32.4 Å². The molecule has 25 heavy (non-hydrogen) atoms. The summed E-state index contributed by atoms with van der Waals surface area (Å²) in [6.07, 6.45) is 4.26. The number of nitrogens with one attached hydrogen (secondary N) is 2. The van der Waals surface area contributed by atoms with Gasteiger partial charge < -0.3 is 21.1 Å². The van der Waals surface area contributed by atoms with Gasteiger partial charge in [0.25, 0.3) is 0 Å².